The predicted molar refractivity (Wildman–Crippen MR) is 63.4 cm³/mol. The van der Waals surface area contributed by atoms with Crippen LogP contribution >= 0.6 is 11.3 Å². The Labute approximate surface area is 94.8 Å². The van der Waals surface area contributed by atoms with Gasteiger partial charge >= 0.3 is 0 Å². The molecular formula is C11H18N2OS. The van der Waals surface area contributed by atoms with Crippen LogP contribution in [0.4, 0.5) is 5.13 Å². The largest absolute Gasteiger partial charge is 0.391 e. The molecule has 2 atom stereocenters. The Bertz CT molecular complexity index is 350. The van der Waals surface area contributed by atoms with E-state index in [1.165, 1.54) is 6.42 Å². The molecule has 0 spiro atoms. The van der Waals surface area contributed by atoms with Gasteiger partial charge in [0.2, 0.25) is 0 Å². The zero-order valence-electron chi connectivity index (χ0n) is 9.53. The van der Waals surface area contributed by atoms with E-state index in [4.69, 9.17) is 5.11 Å². The van der Waals surface area contributed by atoms with Crippen LogP contribution in [0.25, 0.3) is 0 Å². The monoisotopic (exact) mass is 226 g/mol. The SMILES string of the molecule is Cc1nc(N2CC(C)CC2C)sc1CO. The number of aliphatic hydroxyl groups is 1. The van der Waals surface area contributed by atoms with Crippen molar-refractivity contribution in [2.45, 2.75) is 39.8 Å². The molecule has 1 saturated heterocycles. The lowest BCUT2D eigenvalue weighted by atomic mass is 10.1. The summed E-state index contributed by atoms with van der Waals surface area (Å²) in [5, 5.41) is 10.2. The van der Waals surface area contributed by atoms with Gasteiger partial charge in [0.15, 0.2) is 5.13 Å². The summed E-state index contributed by atoms with van der Waals surface area (Å²) in [4.78, 5) is 7.89. The van der Waals surface area contributed by atoms with E-state index in [1.807, 2.05) is 6.92 Å². The number of aryl methyl sites for hydroxylation is 1. The molecule has 3 nitrogen and oxygen atoms in total. The molecule has 0 amide bonds. The Morgan fingerprint density at radius 3 is 2.73 bits per heavy atom. The van der Waals surface area contributed by atoms with Crippen LogP contribution in [0.1, 0.15) is 30.8 Å². The van der Waals surface area contributed by atoms with Crippen molar-refractivity contribution in [2.24, 2.45) is 5.92 Å². The van der Waals surface area contributed by atoms with Gasteiger partial charge in [0, 0.05) is 12.6 Å². The van der Waals surface area contributed by atoms with E-state index in [2.05, 4.69) is 23.7 Å². The summed E-state index contributed by atoms with van der Waals surface area (Å²) in [6.45, 7) is 7.71. The smallest absolute Gasteiger partial charge is 0.186 e. The number of thiazole rings is 1. The third-order valence-corrected chi connectivity index (χ3v) is 4.23. The van der Waals surface area contributed by atoms with Crippen LogP contribution in [0, 0.1) is 12.8 Å². The first-order valence-corrected chi connectivity index (χ1v) is 6.27. The van der Waals surface area contributed by atoms with Gasteiger partial charge in [0.25, 0.3) is 0 Å². The Morgan fingerprint density at radius 2 is 2.27 bits per heavy atom. The minimum absolute atomic E-state index is 0.112. The summed E-state index contributed by atoms with van der Waals surface area (Å²) in [6.07, 6.45) is 1.24. The fourth-order valence-electron chi connectivity index (χ4n) is 2.25. The van der Waals surface area contributed by atoms with Gasteiger partial charge in [0.1, 0.15) is 0 Å². The molecule has 1 aliphatic heterocycles. The van der Waals surface area contributed by atoms with E-state index in [0.29, 0.717) is 6.04 Å². The molecule has 0 radical (unpaired) electrons. The molecule has 0 bridgehead atoms. The maximum Gasteiger partial charge on any atom is 0.186 e. The second kappa shape index (κ2) is 4.10. The number of hydrogen-bond acceptors (Lipinski definition) is 4. The first-order valence-electron chi connectivity index (χ1n) is 5.45. The van der Waals surface area contributed by atoms with Gasteiger partial charge in [-0.25, -0.2) is 4.98 Å². The van der Waals surface area contributed by atoms with E-state index in [9.17, 15) is 0 Å². The molecule has 1 aliphatic rings. The van der Waals surface area contributed by atoms with E-state index in [0.717, 1.165) is 28.2 Å². The van der Waals surface area contributed by atoms with Gasteiger partial charge in [-0.2, -0.15) is 0 Å². The molecule has 2 heterocycles. The van der Waals surface area contributed by atoms with Crippen LogP contribution in [0.5, 0.6) is 0 Å². The summed E-state index contributed by atoms with van der Waals surface area (Å²) >= 11 is 1.63. The first-order chi connectivity index (χ1) is 7.11. The minimum atomic E-state index is 0.112. The summed E-state index contributed by atoms with van der Waals surface area (Å²) in [7, 11) is 0. The fraction of sp³-hybridized carbons (Fsp3) is 0.727. The van der Waals surface area contributed by atoms with Gasteiger partial charge in [-0.15, -0.1) is 0 Å². The quantitative estimate of drug-likeness (QED) is 0.839. The zero-order valence-corrected chi connectivity index (χ0v) is 10.3. The van der Waals surface area contributed by atoms with Gasteiger partial charge in [-0.3, -0.25) is 0 Å². The van der Waals surface area contributed by atoms with Crippen molar-refractivity contribution >= 4 is 16.5 Å². The molecule has 1 fully saturated rings. The molecule has 1 aromatic rings. The average molecular weight is 226 g/mol. The van der Waals surface area contributed by atoms with Crippen LogP contribution in [-0.4, -0.2) is 22.7 Å². The molecular weight excluding hydrogens is 208 g/mol. The van der Waals surface area contributed by atoms with Crippen molar-refractivity contribution in [2.75, 3.05) is 11.4 Å². The van der Waals surface area contributed by atoms with E-state index in [1.54, 1.807) is 11.3 Å². The number of hydrogen-bond donors (Lipinski definition) is 1. The molecule has 0 aromatic carbocycles. The first kappa shape index (κ1) is 10.9. The van der Waals surface area contributed by atoms with Crippen LogP contribution in [0.15, 0.2) is 0 Å². The molecule has 4 heteroatoms. The third kappa shape index (κ3) is 2.01. The molecule has 0 saturated carbocycles. The van der Waals surface area contributed by atoms with Crippen LogP contribution in [-0.2, 0) is 6.61 Å². The number of aliphatic hydroxyl groups excluding tert-OH is 1. The predicted octanol–water partition coefficient (Wildman–Crippen LogP) is 2.18. The molecule has 15 heavy (non-hydrogen) atoms. The standard InChI is InChI=1S/C11H18N2OS/c1-7-4-8(2)13(5-7)11-12-9(3)10(6-14)15-11/h7-8,14H,4-6H2,1-3H3. The molecule has 2 rings (SSSR count). The van der Waals surface area contributed by atoms with Crippen molar-refractivity contribution in [1.29, 1.82) is 0 Å². The average Bonchev–Trinajstić information content (AvgIpc) is 2.69. The Morgan fingerprint density at radius 1 is 1.53 bits per heavy atom. The Balaban J connectivity index is 2.22. The highest BCUT2D eigenvalue weighted by atomic mass is 32.1. The Kier molecular flexibility index (Phi) is 2.98. The second-order valence-electron chi connectivity index (χ2n) is 4.51. The number of anilines is 1. The highest BCUT2D eigenvalue weighted by molar-refractivity contribution is 7.15. The molecule has 84 valence electrons. The van der Waals surface area contributed by atoms with Crippen LogP contribution < -0.4 is 4.90 Å². The lowest BCUT2D eigenvalue weighted by molar-refractivity contribution is 0.284. The summed E-state index contributed by atoms with van der Waals surface area (Å²) in [5.74, 6) is 0.752. The van der Waals surface area contributed by atoms with Gasteiger partial charge in [0.05, 0.1) is 17.2 Å². The topological polar surface area (TPSA) is 36.4 Å². The second-order valence-corrected chi connectivity index (χ2v) is 5.57. The van der Waals surface area contributed by atoms with Crippen molar-refractivity contribution in [3.8, 4) is 0 Å². The molecule has 1 aromatic heterocycles. The summed E-state index contributed by atoms with van der Waals surface area (Å²) in [5.41, 5.74) is 0.976. The van der Waals surface area contributed by atoms with E-state index >= 15 is 0 Å². The van der Waals surface area contributed by atoms with E-state index < -0.39 is 0 Å². The normalized spacial score (nSPS) is 26.3. The number of aromatic nitrogens is 1. The van der Waals surface area contributed by atoms with Gasteiger partial charge in [-0.05, 0) is 26.2 Å². The van der Waals surface area contributed by atoms with Crippen LogP contribution in [0.3, 0.4) is 0 Å². The number of nitrogens with zero attached hydrogens (tertiary/aromatic N) is 2. The molecule has 0 aliphatic carbocycles. The Hall–Kier alpha value is -0.610. The van der Waals surface area contributed by atoms with Crippen molar-refractivity contribution in [1.82, 2.24) is 4.98 Å². The van der Waals surface area contributed by atoms with E-state index in [-0.39, 0.29) is 6.61 Å². The molecule has 1 N–H and O–H groups in total. The van der Waals surface area contributed by atoms with Gasteiger partial charge in [-0.1, -0.05) is 18.3 Å². The summed E-state index contributed by atoms with van der Waals surface area (Å²) < 4.78 is 0. The molecule has 2 unspecified atom stereocenters. The van der Waals surface area contributed by atoms with Gasteiger partial charge < -0.3 is 10.0 Å². The zero-order chi connectivity index (χ0) is 11.0. The third-order valence-electron chi connectivity index (χ3n) is 3.05. The van der Waals surface area contributed by atoms with Crippen molar-refractivity contribution in [3.63, 3.8) is 0 Å². The fourth-order valence-corrected chi connectivity index (χ4v) is 3.28. The van der Waals surface area contributed by atoms with Crippen molar-refractivity contribution in [3.05, 3.63) is 10.6 Å². The maximum absolute atomic E-state index is 9.14. The lowest BCUT2D eigenvalue weighted by Crippen LogP contribution is -2.26. The highest BCUT2D eigenvalue weighted by Crippen LogP contribution is 2.33. The highest BCUT2D eigenvalue weighted by Gasteiger charge is 2.28. The summed E-state index contributed by atoms with van der Waals surface area (Å²) in [6, 6.07) is 0.581. The minimum Gasteiger partial charge on any atom is -0.391 e. The number of rotatable bonds is 2. The van der Waals surface area contributed by atoms with Crippen molar-refractivity contribution < 1.29 is 5.11 Å². The lowest BCUT2D eigenvalue weighted by Gasteiger charge is -2.19. The van der Waals surface area contributed by atoms with Crippen LogP contribution in [0.2, 0.25) is 0 Å². The maximum atomic E-state index is 9.14.